The van der Waals surface area contributed by atoms with E-state index >= 15 is 0 Å². The summed E-state index contributed by atoms with van der Waals surface area (Å²) in [6, 6.07) is 15.9. The summed E-state index contributed by atoms with van der Waals surface area (Å²) < 4.78 is 14.8. The van der Waals surface area contributed by atoms with Crippen LogP contribution in [-0.4, -0.2) is 43.5 Å². The van der Waals surface area contributed by atoms with Crippen LogP contribution in [0.1, 0.15) is 35.3 Å². The van der Waals surface area contributed by atoms with Crippen LogP contribution >= 0.6 is 0 Å². The minimum atomic E-state index is -0.303. The van der Waals surface area contributed by atoms with Gasteiger partial charge in [0.05, 0.1) is 43.5 Å². The third-order valence-corrected chi connectivity index (χ3v) is 5.84. The number of carbonyl (C=O) groups excluding carboxylic acids is 1. The van der Waals surface area contributed by atoms with Gasteiger partial charge in [-0.3, -0.25) is 9.48 Å². The summed E-state index contributed by atoms with van der Waals surface area (Å²) in [5.41, 5.74) is 5.48. The quantitative estimate of drug-likeness (QED) is 0.309. The summed E-state index contributed by atoms with van der Waals surface area (Å²) in [5, 5.41) is 11.7. The highest BCUT2D eigenvalue weighted by Gasteiger charge is 2.17. The van der Waals surface area contributed by atoms with Crippen LogP contribution in [0.25, 0.3) is 16.9 Å². The lowest BCUT2D eigenvalue weighted by Gasteiger charge is -2.12. The Morgan fingerprint density at radius 2 is 1.73 bits per heavy atom. The molecule has 37 heavy (non-hydrogen) atoms. The molecular weight excluding hydrogens is 468 g/mol. The molecule has 3 aromatic heterocycles. The molecule has 5 rings (SSSR count). The van der Waals surface area contributed by atoms with Gasteiger partial charge in [0, 0.05) is 18.0 Å². The van der Waals surface area contributed by atoms with Gasteiger partial charge in [-0.15, -0.1) is 0 Å². The van der Waals surface area contributed by atoms with E-state index in [0.717, 1.165) is 16.8 Å². The molecule has 0 saturated heterocycles. The Kier molecular flexibility index (Phi) is 6.85. The van der Waals surface area contributed by atoms with Crippen LogP contribution in [0.15, 0.2) is 73.3 Å². The fourth-order valence-corrected chi connectivity index (χ4v) is 4.09. The van der Waals surface area contributed by atoms with Crippen molar-refractivity contribution in [2.45, 2.75) is 27.3 Å². The topological polar surface area (TPSA) is 95.6 Å². The van der Waals surface area contributed by atoms with E-state index in [0.29, 0.717) is 48.2 Å². The first kappa shape index (κ1) is 24.1. The summed E-state index contributed by atoms with van der Waals surface area (Å²) in [4.78, 5) is 17.5. The maximum absolute atomic E-state index is 13.1. The Labute approximate surface area is 214 Å². The first-order chi connectivity index (χ1) is 18.1. The maximum Gasteiger partial charge on any atom is 0.261 e. The SMILES string of the molecule is CCOc1ccc(Cn2cc(NC(=O)c3cnn4c(-c5ccc(C)cc5)ccnc34)cn2)cc1OCC. The van der Waals surface area contributed by atoms with E-state index in [4.69, 9.17) is 9.47 Å². The number of amides is 1. The number of fused-ring (bicyclic) bond motifs is 1. The summed E-state index contributed by atoms with van der Waals surface area (Å²) in [7, 11) is 0. The summed E-state index contributed by atoms with van der Waals surface area (Å²) >= 11 is 0. The molecule has 188 valence electrons. The Balaban J connectivity index is 1.32. The average Bonchev–Trinajstić information content (AvgIpc) is 3.53. The molecule has 0 radical (unpaired) electrons. The van der Waals surface area contributed by atoms with Gasteiger partial charge in [-0.05, 0) is 44.5 Å². The number of nitrogens with one attached hydrogen (secondary N) is 1. The van der Waals surface area contributed by atoms with Crippen molar-refractivity contribution < 1.29 is 14.3 Å². The number of benzene rings is 2. The van der Waals surface area contributed by atoms with Crippen LogP contribution < -0.4 is 14.8 Å². The number of carbonyl (C=O) groups is 1. The number of ether oxygens (including phenoxy) is 2. The summed E-state index contributed by atoms with van der Waals surface area (Å²) in [6.45, 7) is 7.55. The van der Waals surface area contributed by atoms with Gasteiger partial charge in [0.2, 0.25) is 0 Å². The normalized spacial score (nSPS) is 11.0. The third-order valence-electron chi connectivity index (χ3n) is 5.84. The first-order valence-corrected chi connectivity index (χ1v) is 12.2. The zero-order valence-corrected chi connectivity index (χ0v) is 21.0. The lowest BCUT2D eigenvalue weighted by Crippen LogP contribution is -2.11. The second kappa shape index (κ2) is 10.5. The van der Waals surface area contributed by atoms with E-state index in [-0.39, 0.29) is 5.91 Å². The number of hydrogen-bond acceptors (Lipinski definition) is 6. The van der Waals surface area contributed by atoms with E-state index in [2.05, 4.69) is 20.5 Å². The summed E-state index contributed by atoms with van der Waals surface area (Å²) in [5.74, 6) is 1.12. The van der Waals surface area contributed by atoms with E-state index < -0.39 is 0 Å². The smallest absolute Gasteiger partial charge is 0.261 e. The van der Waals surface area contributed by atoms with Gasteiger partial charge in [-0.25, -0.2) is 9.50 Å². The third kappa shape index (κ3) is 5.16. The minimum Gasteiger partial charge on any atom is -0.490 e. The number of anilines is 1. The Morgan fingerprint density at radius 3 is 2.51 bits per heavy atom. The van der Waals surface area contributed by atoms with E-state index in [1.807, 2.05) is 69.3 Å². The molecule has 9 nitrogen and oxygen atoms in total. The van der Waals surface area contributed by atoms with Crippen LogP contribution in [0.5, 0.6) is 11.5 Å². The van der Waals surface area contributed by atoms with Crippen molar-refractivity contribution in [1.82, 2.24) is 24.4 Å². The van der Waals surface area contributed by atoms with Gasteiger partial charge < -0.3 is 14.8 Å². The number of rotatable bonds is 9. The van der Waals surface area contributed by atoms with E-state index in [9.17, 15) is 4.79 Å². The molecule has 0 unspecified atom stereocenters. The molecule has 0 atom stereocenters. The second-order valence-corrected chi connectivity index (χ2v) is 8.52. The molecule has 0 aliphatic heterocycles. The van der Waals surface area contributed by atoms with Crippen molar-refractivity contribution >= 4 is 17.2 Å². The van der Waals surface area contributed by atoms with Crippen LogP contribution in [0.3, 0.4) is 0 Å². The highest BCUT2D eigenvalue weighted by molar-refractivity contribution is 6.08. The van der Waals surface area contributed by atoms with E-state index in [1.165, 1.54) is 11.8 Å². The number of aromatic nitrogens is 5. The van der Waals surface area contributed by atoms with Gasteiger partial charge in [0.1, 0.15) is 5.56 Å². The van der Waals surface area contributed by atoms with Gasteiger partial charge in [-0.1, -0.05) is 35.9 Å². The lowest BCUT2D eigenvalue weighted by molar-refractivity contribution is 0.102. The van der Waals surface area contributed by atoms with Crippen molar-refractivity contribution in [3.8, 4) is 22.8 Å². The number of nitrogens with zero attached hydrogens (tertiary/aromatic N) is 5. The van der Waals surface area contributed by atoms with E-state index in [1.54, 1.807) is 27.8 Å². The number of hydrogen-bond donors (Lipinski definition) is 1. The van der Waals surface area contributed by atoms with Gasteiger partial charge >= 0.3 is 0 Å². The highest BCUT2D eigenvalue weighted by atomic mass is 16.5. The molecule has 1 amide bonds. The average molecular weight is 497 g/mol. The molecule has 0 fully saturated rings. The minimum absolute atomic E-state index is 0.303. The molecule has 9 heteroatoms. The molecule has 5 aromatic rings. The van der Waals surface area contributed by atoms with Crippen molar-refractivity contribution in [2.24, 2.45) is 0 Å². The van der Waals surface area contributed by atoms with Crippen LogP contribution in [0, 0.1) is 6.92 Å². The fraction of sp³-hybridized carbons (Fsp3) is 0.214. The molecule has 0 aliphatic rings. The second-order valence-electron chi connectivity index (χ2n) is 8.52. The van der Waals surface area contributed by atoms with Crippen LogP contribution in [-0.2, 0) is 6.54 Å². The lowest BCUT2D eigenvalue weighted by atomic mass is 10.1. The fourth-order valence-electron chi connectivity index (χ4n) is 4.09. The molecule has 0 bridgehead atoms. The van der Waals surface area contributed by atoms with Crippen LogP contribution in [0.2, 0.25) is 0 Å². The molecule has 1 N–H and O–H groups in total. The standard InChI is InChI=1S/C28H28N6O3/c1-4-36-25-11-8-20(14-26(25)37-5-2)17-33-18-22(15-30-33)32-28(35)23-16-31-34-24(12-13-29-27(23)34)21-9-6-19(3)7-10-21/h6-16,18H,4-5,17H2,1-3H3,(H,32,35). The molecular formula is C28H28N6O3. The van der Waals surface area contributed by atoms with Crippen molar-refractivity contribution in [3.63, 3.8) is 0 Å². The molecule has 0 aliphatic carbocycles. The van der Waals surface area contributed by atoms with Crippen LogP contribution in [0.4, 0.5) is 5.69 Å². The summed E-state index contributed by atoms with van der Waals surface area (Å²) in [6.07, 6.45) is 6.63. The highest BCUT2D eigenvalue weighted by Crippen LogP contribution is 2.29. The molecule has 0 saturated carbocycles. The largest absolute Gasteiger partial charge is 0.490 e. The predicted octanol–water partition coefficient (Wildman–Crippen LogP) is 5.00. The first-order valence-electron chi connectivity index (χ1n) is 12.2. The Hall–Kier alpha value is -4.66. The molecule has 2 aromatic carbocycles. The van der Waals surface area contributed by atoms with Crippen molar-refractivity contribution in [3.05, 3.63) is 90.0 Å². The van der Waals surface area contributed by atoms with Gasteiger partial charge in [0.15, 0.2) is 17.1 Å². The molecule has 0 spiro atoms. The maximum atomic E-state index is 13.1. The zero-order chi connectivity index (χ0) is 25.8. The Morgan fingerprint density at radius 1 is 0.946 bits per heavy atom. The van der Waals surface area contributed by atoms with Crippen molar-refractivity contribution in [1.29, 1.82) is 0 Å². The predicted molar refractivity (Wildman–Crippen MR) is 141 cm³/mol. The Bertz CT molecular complexity index is 1540. The molecule has 3 heterocycles. The number of aryl methyl sites for hydroxylation is 1. The van der Waals surface area contributed by atoms with Gasteiger partial charge in [-0.2, -0.15) is 10.2 Å². The zero-order valence-electron chi connectivity index (χ0n) is 21.0. The van der Waals surface area contributed by atoms with Gasteiger partial charge in [0.25, 0.3) is 5.91 Å². The van der Waals surface area contributed by atoms with Crippen molar-refractivity contribution in [2.75, 3.05) is 18.5 Å². The monoisotopic (exact) mass is 496 g/mol.